The van der Waals surface area contributed by atoms with Gasteiger partial charge in [0.2, 0.25) is 0 Å². The van der Waals surface area contributed by atoms with Crippen molar-refractivity contribution in [1.82, 2.24) is 4.98 Å². The maximum absolute atomic E-state index is 9.89. The topological polar surface area (TPSA) is 53.4 Å². The fourth-order valence-electron chi connectivity index (χ4n) is 5.53. The van der Waals surface area contributed by atoms with Crippen molar-refractivity contribution in [3.63, 3.8) is 0 Å². The molecule has 2 aliphatic carbocycles. The molecule has 179 valence electrons. The van der Waals surface area contributed by atoms with Crippen LogP contribution < -0.4 is 0 Å². The first-order valence-corrected chi connectivity index (χ1v) is 12.3. The van der Waals surface area contributed by atoms with Crippen molar-refractivity contribution in [2.24, 2.45) is 11.8 Å². The molecule has 0 aliphatic heterocycles. The molecule has 1 heterocycles. The summed E-state index contributed by atoms with van der Waals surface area (Å²) in [7, 11) is 0. The van der Waals surface area contributed by atoms with E-state index in [2.05, 4.69) is 50.2 Å². The van der Waals surface area contributed by atoms with E-state index in [0.717, 1.165) is 42.5 Å². The molecule has 33 heavy (non-hydrogen) atoms. The molecule has 0 amide bonds. The molecule has 0 saturated heterocycles. The van der Waals surface area contributed by atoms with Crippen LogP contribution in [0.2, 0.25) is 0 Å². The first kappa shape index (κ1) is 26.0. The summed E-state index contributed by atoms with van der Waals surface area (Å²) < 4.78 is 0. The second-order valence-electron chi connectivity index (χ2n) is 9.73. The van der Waals surface area contributed by atoms with Crippen LogP contribution in [0.1, 0.15) is 70.3 Å². The van der Waals surface area contributed by atoms with Gasteiger partial charge in [0.25, 0.3) is 0 Å². The summed E-state index contributed by atoms with van der Waals surface area (Å²) in [6.45, 7) is 4.43. The Morgan fingerprint density at radius 3 is 2.30 bits per heavy atom. The fraction of sp³-hybridized carbons (Fsp3) is 0.483. The Morgan fingerprint density at radius 2 is 1.58 bits per heavy atom. The van der Waals surface area contributed by atoms with Crippen LogP contribution in [0, 0.1) is 17.9 Å². The van der Waals surface area contributed by atoms with E-state index in [1.165, 1.54) is 30.2 Å². The number of aliphatic hydroxyl groups is 2. The van der Waals surface area contributed by atoms with Gasteiger partial charge in [0, 0.05) is 31.4 Å². The molecule has 4 unspecified atom stereocenters. The molecule has 2 fully saturated rings. The smallest absolute Gasteiger partial charge is 0.0598 e. The largest absolute Gasteiger partial charge is 0.393 e. The van der Waals surface area contributed by atoms with Gasteiger partial charge in [-0.2, -0.15) is 0 Å². The van der Waals surface area contributed by atoms with Crippen molar-refractivity contribution in [2.45, 2.75) is 76.9 Å². The molecule has 5 rings (SSSR count). The van der Waals surface area contributed by atoms with E-state index in [4.69, 9.17) is 4.98 Å². The molecule has 0 spiro atoms. The van der Waals surface area contributed by atoms with Gasteiger partial charge in [-0.1, -0.05) is 57.4 Å². The zero-order valence-corrected chi connectivity index (χ0v) is 22.1. The number of pyridine rings is 1. The van der Waals surface area contributed by atoms with Gasteiger partial charge in [0.1, 0.15) is 0 Å². The normalized spacial score (nSPS) is 24.8. The quantitative estimate of drug-likeness (QED) is 0.320. The van der Waals surface area contributed by atoms with E-state index < -0.39 is 0 Å². The van der Waals surface area contributed by atoms with Gasteiger partial charge in [-0.3, -0.25) is 4.98 Å². The Kier molecular flexibility index (Phi) is 9.64. The van der Waals surface area contributed by atoms with Crippen LogP contribution in [0.5, 0.6) is 0 Å². The van der Waals surface area contributed by atoms with E-state index in [1.54, 1.807) is 0 Å². The molecule has 4 atom stereocenters. The predicted molar refractivity (Wildman–Crippen MR) is 131 cm³/mol. The van der Waals surface area contributed by atoms with Gasteiger partial charge in [0.15, 0.2) is 0 Å². The zero-order valence-electron chi connectivity index (χ0n) is 19.7. The van der Waals surface area contributed by atoms with Crippen LogP contribution in [-0.4, -0.2) is 27.4 Å². The molecule has 1 aromatic heterocycles. The first-order chi connectivity index (χ1) is 15.5. The molecular formula is C29H36IrNO2-. The minimum Gasteiger partial charge on any atom is -0.393 e. The summed E-state index contributed by atoms with van der Waals surface area (Å²) in [6, 6.07) is 21.8. The minimum atomic E-state index is -0.234. The number of fused-ring (bicyclic) bond motifs is 2. The predicted octanol–water partition coefficient (Wildman–Crippen LogP) is 6.52. The van der Waals surface area contributed by atoms with Gasteiger partial charge in [-0.25, -0.2) is 0 Å². The summed E-state index contributed by atoms with van der Waals surface area (Å²) in [4.78, 5) is 4.76. The molecule has 2 saturated carbocycles. The van der Waals surface area contributed by atoms with Crippen LogP contribution in [0.25, 0.3) is 22.2 Å². The van der Waals surface area contributed by atoms with Gasteiger partial charge in [0.05, 0.1) is 17.7 Å². The van der Waals surface area contributed by atoms with Crippen molar-refractivity contribution in [1.29, 1.82) is 0 Å². The van der Waals surface area contributed by atoms with Gasteiger partial charge in [-0.05, 0) is 54.8 Å². The average molecular weight is 623 g/mol. The molecular weight excluding hydrogens is 587 g/mol. The van der Waals surface area contributed by atoms with E-state index in [9.17, 15) is 10.2 Å². The van der Waals surface area contributed by atoms with Crippen molar-refractivity contribution in [3.8, 4) is 11.3 Å². The van der Waals surface area contributed by atoms with Crippen LogP contribution >= 0.6 is 0 Å². The van der Waals surface area contributed by atoms with E-state index >= 15 is 0 Å². The Hall–Kier alpha value is -1.58. The van der Waals surface area contributed by atoms with Crippen LogP contribution in [0.15, 0.2) is 54.6 Å². The molecule has 3 aromatic rings. The average Bonchev–Trinajstić information content (AvgIpc) is 3.01. The molecule has 0 bridgehead atoms. The first-order valence-electron chi connectivity index (χ1n) is 12.3. The number of aromatic nitrogens is 1. The second kappa shape index (κ2) is 12.2. The van der Waals surface area contributed by atoms with E-state index in [-0.39, 0.29) is 38.2 Å². The maximum Gasteiger partial charge on any atom is 0.0598 e. The van der Waals surface area contributed by atoms with Crippen LogP contribution in [-0.2, 0) is 20.1 Å². The van der Waals surface area contributed by atoms with Crippen molar-refractivity contribution < 1.29 is 30.3 Å². The Labute approximate surface area is 212 Å². The molecule has 2 aliphatic rings. The molecule has 1 radical (unpaired) electrons. The van der Waals surface area contributed by atoms with E-state index in [0.29, 0.717) is 11.8 Å². The van der Waals surface area contributed by atoms with Crippen LogP contribution in [0.4, 0.5) is 0 Å². The molecule has 4 heteroatoms. The third-order valence-corrected chi connectivity index (χ3v) is 7.21. The summed E-state index contributed by atoms with van der Waals surface area (Å²) in [5.74, 6) is 1.30. The summed E-state index contributed by atoms with van der Waals surface area (Å²) in [6.07, 6.45) is 7.31. The minimum absolute atomic E-state index is 0. The summed E-state index contributed by atoms with van der Waals surface area (Å²) in [5, 5.41) is 21.0. The molecule has 3 nitrogen and oxygen atoms in total. The number of benzene rings is 2. The monoisotopic (exact) mass is 623 g/mol. The standard InChI is InChI=1S/C18H16N.C11H20O2.Ir/c1-13(2)15-9-6-10-18-16(15)11-12-17(19-18)14-7-4-3-5-8-14;12-9-6-2-1-4-8-5-3-7-10(13)11(8)9;/h3-7,9-13H,1-2H3;8-13H,1-7H2;/q-1;;. The van der Waals surface area contributed by atoms with Gasteiger partial charge in [-0.15, -0.1) is 35.9 Å². The second-order valence-corrected chi connectivity index (χ2v) is 9.73. The third kappa shape index (κ3) is 6.31. The third-order valence-electron chi connectivity index (χ3n) is 7.21. The van der Waals surface area contributed by atoms with Crippen molar-refractivity contribution in [2.75, 3.05) is 0 Å². The van der Waals surface area contributed by atoms with Gasteiger partial charge < -0.3 is 10.2 Å². The van der Waals surface area contributed by atoms with Crippen molar-refractivity contribution >= 4 is 10.9 Å². The Morgan fingerprint density at radius 1 is 0.848 bits per heavy atom. The van der Waals surface area contributed by atoms with Crippen LogP contribution in [0.3, 0.4) is 0 Å². The number of aliphatic hydroxyl groups excluding tert-OH is 2. The summed E-state index contributed by atoms with van der Waals surface area (Å²) in [5.41, 5.74) is 4.43. The number of hydrogen-bond acceptors (Lipinski definition) is 3. The number of nitrogens with zero attached hydrogens (tertiary/aromatic N) is 1. The SMILES string of the molecule is CC(C)c1cccc2nc(-c3[c-]cccc3)ccc12.OC1CCCCC2CCCC(O)C12.[Ir]. The Bertz CT molecular complexity index is 1010. The maximum atomic E-state index is 9.89. The molecule has 2 aromatic carbocycles. The molecule has 2 N–H and O–H groups in total. The summed E-state index contributed by atoms with van der Waals surface area (Å²) >= 11 is 0. The number of rotatable bonds is 2. The zero-order chi connectivity index (χ0) is 22.5. The van der Waals surface area contributed by atoms with Crippen molar-refractivity contribution in [3.05, 3.63) is 66.2 Å². The van der Waals surface area contributed by atoms with Gasteiger partial charge >= 0.3 is 0 Å². The van der Waals surface area contributed by atoms with E-state index in [1.807, 2.05) is 24.3 Å². The fourth-order valence-corrected chi connectivity index (χ4v) is 5.53. The Balaban J connectivity index is 0.000000192. The number of hydrogen-bond donors (Lipinski definition) is 2.